The number of hydrogen-bond donors (Lipinski definition) is 2. The van der Waals surface area contributed by atoms with E-state index in [1.54, 1.807) is 0 Å². The molecule has 1 aliphatic heterocycles. The number of benzene rings is 1. The summed E-state index contributed by atoms with van der Waals surface area (Å²) in [4.78, 5) is 26.6. The van der Waals surface area contributed by atoms with E-state index in [0.29, 0.717) is 6.54 Å². The van der Waals surface area contributed by atoms with E-state index in [4.69, 9.17) is 0 Å². The Labute approximate surface area is 154 Å². The summed E-state index contributed by atoms with van der Waals surface area (Å²) in [6.45, 7) is 7.99. The normalized spacial score (nSPS) is 16.8. The van der Waals surface area contributed by atoms with Crippen LogP contribution in [0.4, 0.5) is 5.69 Å². The average Bonchev–Trinajstić information content (AvgIpc) is 3.08. The quantitative estimate of drug-likeness (QED) is 0.865. The summed E-state index contributed by atoms with van der Waals surface area (Å²) in [7, 11) is 0. The molecule has 3 rings (SSSR count). The molecule has 0 saturated heterocycles. The number of nitrogens with zero attached hydrogens (tertiary/aromatic N) is 2. The summed E-state index contributed by atoms with van der Waals surface area (Å²) in [5, 5.41) is 5.61. The van der Waals surface area contributed by atoms with Crippen LogP contribution in [-0.2, 0) is 16.1 Å². The highest BCUT2D eigenvalue weighted by atomic mass is 16.2. The fraction of sp³-hybridized carbons (Fsp3) is 0.400. The number of para-hydroxylation sites is 1. The van der Waals surface area contributed by atoms with Crippen molar-refractivity contribution >= 4 is 17.5 Å². The van der Waals surface area contributed by atoms with Gasteiger partial charge in [-0.25, -0.2) is 0 Å². The molecule has 1 aromatic heterocycles. The lowest BCUT2D eigenvalue weighted by Crippen LogP contribution is -2.44. The molecule has 0 saturated carbocycles. The van der Waals surface area contributed by atoms with Gasteiger partial charge in [-0.05, 0) is 44.0 Å². The van der Waals surface area contributed by atoms with Crippen molar-refractivity contribution in [3.8, 4) is 0 Å². The third kappa shape index (κ3) is 3.96. The number of carbonyl (C=O) groups excluding carboxylic acids is 2. The smallest absolute Gasteiger partial charge is 0.243 e. The lowest BCUT2D eigenvalue weighted by molar-refractivity contribution is -0.125. The molecule has 0 spiro atoms. The topological polar surface area (TPSA) is 66.4 Å². The van der Waals surface area contributed by atoms with Crippen LogP contribution in [0.25, 0.3) is 0 Å². The number of aromatic nitrogens is 1. The van der Waals surface area contributed by atoms with E-state index in [1.165, 1.54) is 5.69 Å². The fourth-order valence-corrected chi connectivity index (χ4v) is 3.46. The van der Waals surface area contributed by atoms with E-state index in [1.807, 2.05) is 38.1 Å². The maximum atomic E-state index is 12.3. The van der Waals surface area contributed by atoms with Gasteiger partial charge in [0, 0.05) is 36.7 Å². The highest BCUT2D eigenvalue weighted by Crippen LogP contribution is 2.24. The molecule has 0 aliphatic carbocycles. The standard InChI is InChI=1S/C20H26N4O2/c1-14-6-4-7-15(2)20(14)22-18(25)12-21-19(26)13-24-11-10-23-9-5-8-17(23)16(24)3/h4-9,16H,10-13H2,1-3H3,(H,21,26)(H,22,25)/t16-/m0/s1. The predicted octanol–water partition coefficient (Wildman–Crippen LogP) is 2.24. The molecular weight excluding hydrogens is 328 g/mol. The number of rotatable bonds is 5. The number of fused-ring (bicyclic) bond motifs is 1. The lowest BCUT2D eigenvalue weighted by atomic mass is 10.1. The second-order valence-corrected chi connectivity index (χ2v) is 6.86. The molecule has 0 bridgehead atoms. The molecule has 2 heterocycles. The van der Waals surface area contributed by atoms with Crippen LogP contribution in [0, 0.1) is 13.8 Å². The molecule has 2 amide bonds. The number of amides is 2. The molecule has 1 aromatic carbocycles. The van der Waals surface area contributed by atoms with Crippen LogP contribution in [0.2, 0.25) is 0 Å². The molecule has 2 N–H and O–H groups in total. The third-order valence-corrected chi connectivity index (χ3v) is 5.01. The molecule has 6 heteroatoms. The van der Waals surface area contributed by atoms with Crippen LogP contribution >= 0.6 is 0 Å². The van der Waals surface area contributed by atoms with Gasteiger partial charge in [-0.2, -0.15) is 0 Å². The van der Waals surface area contributed by atoms with Crippen molar-refractivity contribution < 1.29 is 9.59 Å². The Morgan fingerprint density at radius 1 is 1.08 bits per heavy atom. The number of aryl methyl sites for hydroxylation is 2. The summed E-state index contributed by atoms with van der Waals surface area (Å²) >= 11 is 0. The van der Waals surface area contributed by atoms with Gasteiger partial charge in [-0.3, -0.25) is 14.5 Å². The molecule has 1 atom stereocenters. The zero-order valence-electron chi connectivity index (χ0n) is 15.6. The van der Waals surface area contributed by atoms with Crippen molar-refractivity contribution in [1.82, 2.24) is 14.8 Å². The Morgan fingerprint density at radius 2 is 1.81 bits per heavy atom. The Balaban J connectivity index is 1.49. The lowest BCUT2D eigenvalue weighted by Gasteiger charge is -2.34. The van der Waals surface area contributed by atoms with Gasteiger partial charge >= 0.3 is 0 Å². The second kappa shape index (κ2) is 7.74. The van der Waals surface area contributed by atoms with Crippen molar-refractivity contribution in [2.75, 3.05) is 25.0 Å². The molecule has 0 fully saturated rings. The number of anilines is 1. The van der Waals surface area contributed by atoms with Gasteiger partial charge < -0.3 is 15.2 Å². The van der Waals surface area contributed by atoms with Gasteiger partial charge in [0.2, 0.25) is 11.8 Å². The van der Waals surface area contributed by atoms with Crippen molar-refractivity contribution in [3.05, 3.63) is 53.3 Å². The highest BCUT2D eigenvalue weighted by Gasteiger charge is 2.25. The van der Waals surface area contributed by atoms with E-state index < -0.39 is 0 Å². The van der Waals surface area contributed by atoms with Gasteiger partial charge in [0.1, 0.15) is 0 Å². The van der Waals surface area contributed by atoms with Crippen LogP contribution in [0.1, 0.15) is 29.8 Å². The van der Waals surface area contributed by atoms with Crippen LogP contribution in [-0.4, -0.2) is 40.9 Å². The number of hydrogen-bond acceptors (Lipinski definition) is 3. The summed E-state index contributed by atoms with van der Waals surface area (Å²) in [6, 6.07) is 10.2. The minimum Gasteiger partial charge on any atom is -0.349 e. The third-order valence-electron chi connectivity index (χ3n) is 5.01. The maximum absolute atomic E-state index is 12.3. The van der Waals surface area contributed by atoms with Crippen LogP contribution in [0.5, 0.6) is 0 Å². The van der Waals surface area contributed by atoms with Gasteiger partial charge in [0.15, 0.2) is 0 Å². The van der Waals surface area contributed by atoms with Crippen LogP contribution in [0.3, 0.4) is 0 Å². The Hall–Kier alpha value is -2.60. The first kappa shape index (κ1) is 18.2. The number of carbonyl (C=O) groups is 2. The summed E-state index contributed by atoms with van der Waals surface area (Å²) in [5.74, 6) is -0.343. The largest absolute Gasteiger partial charge is 0.349 e. The van der Waals surface area contributed by atoms with Crippen LogP contribution < -0.4 is 10.6 Å². The van der Waals surface area contributed by atoms with Gasteiger partial charge in [0.25, 0.3) is 0 Å². The van der Waals surface area contributed by atoms with E-state index in [9.17, 15) is 9.59 Å². The zero-order chi connectivity index (χ0) is 18.7. The molecule has 0 unspecified atom stereocenters. The summed E-state index contributed by atoms with van der Waals surface area (Å²) in [5.41, 5.74) is 4.05. The highest BCUT2D eigenvalue weighted by molar-refractivity contribution is 5.95. The molecule has 0 radical (unpaired) electrons. The second-order valence-electron chi connectivity index (χ2n) is 6.86. The van der Waals surface area contributed by atoms with Crippen LogP contribution in [0.15, 0.2) is 36.5 Å². The molecule has 138 valence electrons. The average molecular weight is 354 g/mol. The predicted molar refractivity (Wildman–Crippen MR) is 102 cm³/mol. The first-order valence-corrected chi connectivity index (χ1v) is 8.97. The fourth-order valence-electron chi connectivity index (χ4n) is 3.46. The molecule has 26 heavy (non-hydrogen) atoms. The molecular formula is C20H26N4O2. The summed E-state index contributed by atoms with van der Waals surface area (Å²) < 4.78 is 2.22. The van der Waals surface area contributed by atoms with E-state index >= 15 is 0 Å². The minimum absolute atomic E-state index is 0.0226. The Bertz CT molecular complexity index is 792. The zero-order valence-corrected chi connectivity index (χ0v) is 15.6. The number of nitrogens with one attached hydrogen (secondary N) is 2. The molecule has 6 nitrogen and oxygen atoms in total. The first-order chi connectivity index (χ1) is 12.5. The van der Waals surface area contributed by atoms with Crippen molar-refractivity contribution in [1.29, 1.82) is 0 Å². The SMILES string of the molecule is Cc1cccc(C)c1NC(=O)CNC(=O)CN1CCn2cccc2[C@@H]1C. The monoisotopic (exact) mass is 354 g/mol. The Kier molecular flexibility index (Phi) is 5.42. The summed E-state index contributed by atoms with van der Waals surface area (Å²) in [6.07, 6.45) is 2.07. The van der Waals surface area contributed by atoms with Gasteiger partial charge in [-0.15, -0.1) is 0 Å². The van der Waals surface area contributed by atoms with E-state index in [-0.39, 0.29) is 24.4 Å². The van der Waals surface area contributed by atoms with Gasteiger partial charge in [0.05, 0.1) is 13.1 Å². The Morgan fingerprint density at radius 3 is 2.54 bits per heavy atom. The van der Waals surface area contributed by atoms with Crippen molar-refractivity contribution in [2.45, 2.75) is 33.4 Å². The van der Waals surface area contributed by atoms with E-state index in [2.05, 4.69) is 39.3 Å². The molecule has 1 aliphatic rings. The maximum Gasteiger partial charge on any atom is 0.243 e. The minimum atomic E-state index is -0.212. The first-order valence-electron chi connectivity index (χ1n) is 8.97. The van der Waals surface area contributed by atoms with Gasteiger partial charge in [-0.1, -0.05) is 18.2 Å². The van der Waals surface area contributed by atoms with E-state index in [0.717, 1.165) is 29.9 Å². The van der Waals surface area contributed by atoms with Crippen molar-refractivity contribution in [2.24, 2.45) is 0 Å². The molecule has 2 aromatic rings. The van der Waals surface area contributed by atoms with Crippen molar-refractivity contribution in [3.63, 3.8) is 0 Å².